The SMILES string of the molecule is N#CC1C=CC=C(N2C3C=CC=CC3C3C(c4cccc5c6ccccc6n(-c6ccccc6)c45)=CC=CC32)C1. The van der Waals surface area contributed by atoms with E-state index in [4.69, 9.17) is 0 Å². The van der Waals surface area contributed by atoms with Crippen LogP contribution in [-0.4, -0.2) is 21.6 Å². The van der Waals surface area contributed by atoms with Crippen molar-refractivity contribution >= 4 is 27.4 Å². The third-order valence-corrected chi connectivity index (χ3v) is 9.09. The molecule has 5 atom stereocenters. The highest BCUT2D eigenvalue weighted by Crippen LogP contribution is 2.51. The smallest absolute Gasteiger partial charge is 0.0701 e. The van der Waals surface area contributed by atoms with Gasteiger partial charge in [-0.2, -0.15) is 5.26 Å². The summed E-state index contributed by atoms with van der Waals surface area (Å²) < 4.78 is 2.45. The van der Waals surface area contributed by atoms with E-state index in [1.54, 1.807) is 0 Å². The number of nitriles is 1. The van der Waals surface area contributed by atoms with Gasteiger partial charge < -0.3 is 9.47 Å². The number of para-hydroxylation sites is 3. The maximum Gasteiger partial charge on any atom is 0.0701 e. The van der Waals surface area contributed by atoms with Gasteiger partial charge in [-0.05, 0) is 29.8 Å². The first kappa shape index (κ1) is 23.1. The van der Waals surface area contributed by atoms with Crippen molar-refractivity contribution in [1.82, 2.24) is 9.47 Å². The summed E-state index contributed by atoms with van der Waals surface area (Å²) in [6.07, 6.45) is 23.2. The molecule has 3 heteroatoms. The Morgan fingerprint density at radius 2 is 1.48 bits per heavy atom. The molecule has 2 heterocycles. The topological polar surface area (TPSA) is 32.0 Å². The van der Waals surface area contributed by atoms with Crippen molar-refractivity contribution in [3.8, 4) is 11.8 Å². The molecule has 0 saturated carbocycles. The van der Waals surface area contributed by atoms with Gasteiger partial charge in [0.25, 0.3) is 0 Å². The zero-order valence-electron chi connectivity index (χ0n) is 22.1. The van der Waals surface area contributed by atoms with Gasteiger partial charge in [0.15, 0.2) is 0 Å². The lowest BCUT2D eigenvalue weighted by molar-refractivity contribution is 0.288. The van der Waals surface area contributed by atoms with Crippen molar-refractivity contribution in [3.05, 3.63) is 145 Å². The monoisotopic (exact) mass is 515 g/mol. The van der Waals surface area contributed by atoms with E-state index >= 15 is 0 Å². The predicted molar refractivity (Wildman–Crippen MR) is 164 cm³/mol. The van der Waals surface area contributed by atoms with Gasteiger partial charge in [0.05, 0.1) is 35.1 Å². The summed E-state index contributed by atoms with van der Waals surface area (Å²) in [6, 6.07) is 29.3. The van der Waals surface area contributed by atoms with E-state index in [1.165, 1.54) is 44.3 Å². The molecule has 8 rings (SSSR count). The van der Waals surface area contributed by atoms with Gasteiger partial charge in [-0.3, -0.25) is 0 Å². The van der Waals surface area contributed by atoms with Gasteiger partial charge in [0, 0.05) is 46.0 Å². The van der Waals surface area contributed by atoms with E-state index in [0.29, 0.717) is 11.8 Å². The maximum absolute atomic E-state index is 9.69. The lowest BCUT2D eigenvalue weighted by Gasteiger charge is -2.36. The first-order chi connectivity index (χ1) is 19.8. The van der Waals surface area contributed by atoms with Crippen LogP contribution in [0.5, 0.6) is 0 Å². The Balaban J connectivity index is 1.33. The third kappa shape index (κ3) is 3.36. The number of allylic oxidation sites excluding steroid dienone is 8. The lowest BCUT2D eigenvalue weighted by Crippen LogP contribution is -2.37. The predicted octanol–water partition coefficient (Wildman–Crippen LogP) is 8.13. The molecular formula is C37H29N3. The van der Waals surface area contributed by atoms with E-state index < -0.39 is 0 Å². The van der Waals surface area contributed by atoms with Crippen LogP contribution in [0.2, 0.25) is 0 Å². The van der Waals surface area contributed by atoms with Crippen molar-refractivity contribution in [3.63, 3.8) is 0 Å². The molecule has 192 valence electrons. The van der Waals surface area contributed by atoms with E-state index in [-0.39, 0.29) is 18.0 Å². The van der Waals surface area contributed by atoms with Crippen LogP contribution in [0.3, 0.4) is 0 Å². The fourth-order valence-electron chi connectivity index (χ4n) is 7.50. The molecule has 1 fully saturated rings. The number of aromatic nitrogens is 1. The van der Waals surface area contributed by atoms with Crippen LogP contribution in [0.4, 0.5) is 0 Å². The quantitative estimate of drug-likeness (QED) is 0.276. The molecule has 40 heavy (non-hydrogen) atoms. The largest absolute Gasteiger partial charge is 0.361 e. The number of hydrogen-bond acceptors (Lipinski definition) is 2. The van der Waals surface area contributed by atoms with Crippen molar-refractivity contribution in [2.75, 3.05) is 0 Å². The Kier molecular flexibility index (Phi) is 5.28. The maximum atomic E-state index is 9.69. The lowest BCUT2D eigenvalue weighted by atomic mass is 9.75. The Morgan fingerprint density at radius 3 is 2.38 bits per heavy atom. The van der Waals surface area contributed by atoms with E-state index in [9.17, 15) is 5.26 Å². The molecule has 3 nitrogen and oxygen atoms in total. The van der Waals surface area contributed by atoms with Crippen molar-refractivity contribution in [2.24, 2.45) is 17.8 Å². The first-order valence-corrected chi connectivity index (χ1v) is 14.2. The van der Waals surface area contributed by atoms with Crippen LogP contribution in [-0.2, 0) is 0 Å². The van der Waals surface area contributed by atoms with Crippen molar-refractivity contribution in [2.45, 2.75) is 18.5 Å². The minimum atomic E-state index is -0.0708. The number of likely N-dealkylation sites (tertiary alicyclic amines) is 1. The number of rotatable bonds is 3. The second kappa shape index (κ2) is 9.14. The number of nitrogens with zero attached hydrogens (tertiary/aromatic N) is 3. The standard InChI is InChI=1S/C37H29N3/c38-24-25-11-8-14-27(23-25)39-34-21-7-5-16-32(34)36-29(17-10-22-35(36)39)31-19-9-18-30-28-15-4-6-20-33(28)40(37(30)31)26-12-2-1-3-13-26/h1-22,25,32,34-36H,23H2. The van der Waals surface area contributed by atoms with Gasteiger partial charge in [-0.1, -0.05) is 109 Å². The van der Waals surface area contributed by atoms with Crippen LogP contribution < -0.4 is 0 Å². The number of fused-ring (bicyclic) bond motifs is 6. The molecule has 3 aromatic carbocycles. The molecule has 1 aliphatic heterocycles. The summed E-state index contributed by atoms with van der Waals surface area (Å²) >= 11 is 0. The highest BCUT2D eigenvalue weighted by Gasteiger charge is 2.49. The molecule has 0 radical (unpaired) electrons. The summed E-state index contributed by atoms with van der Waals surface area (Å²) in [5, 5.41) is 12.3. The van der Waals surface area contributed by atoms with Gasteiger partial charge in [0.2, 0.25) is 0 Å². The molecule has 0 amide bonds. The normalized spacial score (nSPS) is 26.5. The van der Waals surface area contributed by atoms with Crippen LogP contribution in [0.15, 0.2) is 139 Å². The Bertz CT molecular complexity index is 1870. The second-order valence-electron chi connectivity index (χ2n) is 11.1. The van der Waals surface area contributed by atoms with E-state index in [1.807, 2.05) is 6.08 Å². The van der Waals surface area contributed by atoms with Crippen LogP contribution in [0.25, 0.3) is 33.1 Å². The zero-order chi connectivity index (χ0) is 26.6. The molecule has 3 aliphatic carbocycles. The minimum Gasteiger partial charge on any atom is -0.361 e. The summed E-state index contributed by atoms with van der Waals surface area (Å²) in [4.78, 5) is 2.60. The average Bonchev–Trinajstić information content (AvgIpc) is 3.55. The second-order valence-corrected chi connectivity index (χ2v) is 11.1. The summed E-state index contributed by atoms with van der Waals surface area (Å²) in [5.41, 5.74) is 7.63. The Labute approximate surface area is 234 Å². The fraction of sp³-hybridized carbons (Fsp3) is 0.162. The first-order valence-electron chi connectivity index (χ1n) is 14.2. The summed E-state index contributed by atoms with van der Waals surface area (Å²) in [5.74, 6) is 0.582. The van der Waals surface area contributed by atoms with Crippen LogP contribution in [0.1, 0.15) is 12.0 Å². The van der Waals surface area contributed by atoms with E-state index in [2.05, 4.69) is 143 Å². The van der Waals surface area contributed by atoms with Gasteiger partial charge >= 0.3 is 0 Å². The van der Waals surface area contributed by atoms with Crippen LogP contribution in [0, 0.1) is 29.1 Å². The molecule has 0 bridgehead atoms. The summed E-state index contributed by atoms with van der Waals surface area (Å²) in [7, 11) is 0. The van der Waals surface area contributed by atoms with Gasteiger partial charge in [-0.25, -0.2) is 0 Å². The Hall–Kier alpha value is -4.81. The molecule has 4 aromatic rings. The molecular weight excluding hydrogens is 486 g/mol. The van der Waals surface area contributed by atoms with Crippen LogP contribution >= 0.6 is 0 Å². The molecule has 5 unspecified atom stereocenters. The van der Waals surface area contributed by atoms with Crippen molar-refractivity contribution in [1.29, 1.82) is 5.26 Å². The number of hydrogen-bond donors (Lipinski definition) is 0. The highest BCUT2D eigenvalue weighted by atomic mass is 15.2. The molecule has 1 saturated heterocycles. The van der Waals surface area contributed by atoms with E-state index in [0.717, 1.165) is 6.42 Å². The molecule has 1 aromatic heterocycles. The fourth-order valence-corrected chi connectivity index (χ4v) is 7.50. The minimum absolute atomic E-state index is 0.0708. The summed E-state index contributed by atoms with van der Waals surface area (Å²) in [6.45, 7) is 0. The highest BCUT2D eigenvalue weighted by molar-refractivity contribution is 6.12. The Morgan fingerprint density at radius 1 is 0.700 bits per heavy atom. The van der Waals surface area contributed by atoms with Gasteiger partial charge in [-0.15, -0.1) is 0 Å². The zero-order valence-corrected chi connectivity index (χ0v) is 22.1. The molecule has 0 N–H and O–H groups in total. The van der Waals surface area contributed by atoms with Gasteiger partial charge in [0.1, 0.15) is 0 Å². The number of benzene rings is 3. The molecule has 0 spiro atoms. The average molecular weight is 516 g/mol. The third-order valence-electron chi connectivity index (χ3n) is 9.09. The molecule has 4 aliphatic rings. The van der Waals surface area contributed by atoms with Crippen molar-refractivity contribution < 1.29 is 0 Å².